The van der Waals surface area contributed by atoms with Crippen LogP contribution in [0, 0.1) is 18.3 Å². The van der Waals surface area contributed by atoms with E-state index in [0.29, 0.717) is 33.3 Å². The van der Waals surface area contributed by atoms with Crippen LogP contribution in [0.25, 0.3) is 6.08 Å². The minimum Gasteiger partial charge on any atom is -0.481 e. The summed E-state index contributed by atoms with van der Waals surface area (Å²) in [6, 6.07) is 2.08. The summed E-state index contributed by atoms with van der Waals surface area (Å²) in [5, 5.41) is 18.7. The number of pyridine rings is 1. The second kappa shape index (κ2) is 11.7. The van der Waals surface area contributed by atoms with Crippen LogP contribution in [0.2, 0.25) is 0 Å². The van der Waals surface area contributed by atoms with E-state index >= 15 is 0 Å². The van der Waals surface area contributed by atoms with Crippen molar-refractivity contribution in [1.29, 1.82) is 5.26 Å². The minimum atomic E-state index is -0.916. The quantitative estimate of drug-likeness (QED) is 0.400. The van der Waals surface area contributed by atoms with Crippen LogP contribution < -0.4 is 10.5 Å². The van der Waals surface area contributed by atoms with Gasteiger partial charge in [0.2, 0.25) is 0 Å². The van der Waals surface area contributed by atoms with E-state index in [1.807, 2.05) is 0 Å². The van der Waals surface area contributed by atoms with Crippen molar-refractivity contribution in [3.05, 3.63) is 31.9 Å². The maximum Gasteiger partial charge on any atom is 0.303 e. The molecule has 0 aromatic carbocycles. The third-order valence-electron chi connectivity index (χ3n) is 6.16. The number of nitriles is 1. The Balaban J connectivity index is 2.11. The van der Waals surface area contributed by atoms with Crippen molar-refractivity contribution in [2.24, 2.45) is 0 Å². The molecule has 0 spiro atoms. The molecular formula is C24H30N4O4S2. The lowest BCUT2D eigenvalue weighted by atomic mass is 10.0. The molecule has 0 saturated carbocycles. The molecule has 0 aliphatic carbocycles. The molecule has 3 heterocycles. The Hall–Kier alpha value is -2.64. The number of anilines is 1. The average molecular weight is 503 g/mol. The number of hydrogen-bond acceptors (Lipinski definition) is 7. The normalized spacial score (nSPS) is 17.5. The number of aromatic nitrogens is 1. The van der Waals surface area contributed by atoms with E-state index in [2.05, 4.69) is 17.9 Å². The molecule has 8 nitrogen and oxygen atoms in total. The predicted octanol–water partition coefficient (Wildman–Crippen LogP) is 3.88. The first-order chi connectivity index (χ1) is 16.3. The smallest absolute Gasteiger partial charge is 0.303 e. The summed E-state index contributed by atoms with van der Waals surface area (Å²) in [6.07, 6.45) is 6.92. The number of thiocarbonyl (C=S) groups is 1. The first-order valence-corrected chi connectivity index (χ1v) is 12.9. The SMILES string of the molecule is CCCCn1c(N2CCCCC2)c(C=C2SC(=S)N(CCCC(=O)O)C2=O)c(C)c(C#N)c1=O. The number of nitrogens with zero attached hydrogens (tertiary/aromatic N) is 4. The fourth-order valence-electron chi connectivity index (χ4n) is 4.33. The summed E-state index contributed by atoms with van der Waals surface area (Å²) in [5.74, 6) is -0.416. The van der Waals surface area contributed by atoms with Gasteiger partial charge in [-0.1, -0.05) is 37.3 Å². The van der Waals surface area contributed by atoms with Gasteiger partial charge in [-0.15, -0.1) is 0 Å². The lowest BCUT2D eigenvalue weighted by molar-refractivity contribution is -0.137. The van der Waals surface area contributed by atoms with Crippen LogP contribution in [0.15, 0.2) is 9.70 Å². The van der Waals surface area contributed by atoms with Crippen molar-refractivity contribution in [3.8, 4) is 6.07 Å². The summed E-state index contributed by atoms with van der Waals surface area (Å²) in [5.41, 5.74) is 1.09. The number of thioether (sulfide) groups is 1. The second-order valence-corrected chi connectivity index (χ2v) is 10.2. The van der Waals surface area contributed by atoms with Crippen molar-refractivity contribution in [1.82, 2.24) is 9.47 Å². The summed E-state index contributed by atoms with van der Waals surface area (Å²) >= 11 is 6.57. The second-order valence-electron chi connectivity index (χ2n) is 8.54. The number of carboxylic acids is 1. The van der Waals surface area contributed by atoms with Crippen molar-refractivity contribution in [3.63, 3.8) is 0 Å². The van der Waals surface area contributed by atoms with Gasteiger partial charge in [-0.05, 0) is 50.7 Å². The predicted molar refractivity (Wildman–Crippen MR) is 138 cm³/mol. The molecule has 1 aromatic rings. The Morgan fingerprint density at radius 1 is 1.21 bits per heavy atom. The fourth-order valence-corrected chi connectivity index (χ4v) is 5.62. The zero-order valence-corrected chi connectivity index (χ0v) is 21.3. The van der Waals surface area contributed by atoms with Gasteiger partial charge in [0.1, 0.15) is 21.8 Å². The number of rotatable bonds is 9. The molecule has 1 aromatic heterocycles. The van der Waals surface area contributed by atoms with E-state index < -0.39 is 5.97 Å². The molecule has 0 unspecified atom stereocenters. The van der Waals surface area contributed by atoms with Gasteiger partial charge in [0.25, 0.3) is 11.5 Å². The van der Waals surface area contributed by atoms with Crippen LogP contribution in [0.5, 0.6) is 0 Å². The number of aliphatic carboxylic acids is 1. The highest BCUT2D eigenvalue weighted by Gasteiger charge is 2.33. The molecule has 0 radical (unpaired) electrons. The van der Waals surface area contributed by atoms with Gasteiger partial charge in [0, 0.05) is 38.2 Å². The Morgan fingerprint density at radius 2 is 1.91 bits per heavy atom. The van der Waals surface area contributed by atoms with Gasteiger partial charge in [0.05, 0.1) is 4.91 Å². The summed E-state index contributed by atoms with van der Waals surface area (Å²) in [4.78, 5) is 41.3. The Bertz CT molecular complexity index is 1110. The number of piperidine rings is 1. The number of carbonyl (C=O) groups is 2. The van der Waals surface area contributed by atoms with Crippen LogP contribution >= 0.6 is 24.0 Å². The van der Waals surface area contributed by atoms with E-state index in [9.17, 15) is 19.6 Å². The van der Waals surface area contributed by atoms with Crippen molar-refractivity contribution in [2.75, 3.05) is 24.5 Å². The van der Waals surface area contributed by atoms with E-state index in [-0.39, 0.29) is 30.0 Å². The largest absolute Gasteiger partial charge is 0.481 e. The molecule has 1 N–H and O–H groups in total. The summed E-state index contributed by atoms with van der Waals surface area (Å²) in [6.45, 7) is 6.19. The molecule has 0 bridgehead atoms. The van der Waals surface area contributed by atoms with Gasteiger partial charge in [-0.2, -0.15) is 5.26 Å². The van der Waals surface area contributed by atoms with Gasteiger partial charge in [-0.25, -0.2) is 0 Å². The highest BCUT2D eigenvalue weighted by molar-refractivity contribution is 8.26. The number of unbranched alkanes of at least 4 members (excludes halogenated alkanes) is 1. The summed E-state index contributed by atoms with van der Waals surface area (Å²) < 4.78 is 2.10. The number of amides is 1. The van der Waals surface area contributed by atoms with Gasteiger partial charge >= 0.3 is 5.97 Å². The zero-order chi connectivity index (χ0) is 24.8. The van der Waals surface area contributed by atoms with E-state index in [1.54, 1.807) is 17.6 Å². The molecule has 2 saturated heterocycles. The molecule has 10 heteroatoms. The number of hydrogen-bond donors (Lipinski definition) is 1. The topological polar surface area (TPSA) is 107 Å². The van der Waals surface area contributed by atoms with Crippen LogP contribution in [-0.4, -0.2) is 50.4 Å². The first-order valence-electron chi connectivity index (χ1n) is 11.7. The number of carboxylic acid groups (broad SMARTS) is 1. The monoisotopic (exact) mass is 502 g/mol. The highest BCUT2D eigenvalue weighted by atomic mass is 32.2. The Morgan fingerprint density at radius 3 is 2.53 bits per heavy atom. The first kappa shape index (κ1) is 26.0. The lowest BCUT2D eigenvalue weighted by Crippen LogP contribution is -2.37. The number of carbonyl (C=O) groups excluding carboxylic acids is 1. The maximum atomic E-state index is 13.3. The van der Waals surface area contributed by atoms with Crippen LogP contribution in [-0.2, 0) is 16.1 Å². The van der Waals surface area contributed by atoms with E-state index in [4.69, 9.17) is 17.3 Å². The lowest BCUT2D eigenvalue weighted by Gasteiger charge is -2.33. The van der Waals surface area contributed by atoms with Crippen molar-refractivity contribution < 1.29 is 14.7 Å². The van der Waals surface area contributed by atoms with Crippen LogP contribution in [0.3, 0.4) is 0 Å². The maximum absolute atomic E-state index is 13.3. The van der Waals surface area contributed by atoms with Crippen molar-refractivity contribution >= 4 is 52.1 Å². The minimum absolute atomic E-state index is 0.0394. The average Bonchev–Trinajstić information content (AvgIpc) is 3.08. The fraction of sp³-hybridized carbons (Fsp3) is 0.542. The van der Waals surface area contributed by atoms with Gasteiger partial charge in [-0.3, -0.25) is 23.9 Å². The standard InChI is InChI=1S/C24H30N4O4S2/c1-3-4-12-27-21(26-10-6-5-7-11-26)17(16(2)18(15-25)22(27)31)14-19-23(32)28(24(33)34-19)13-8-9-20(29)30/h14H,3-13H2,1-2H3,(H,29,30). The van der Waals surface area contributed by atoms with Gasteiger partial charge < -0.3 is 10.0 Å². The van der Waals surface area contributed by atoms with Crippen molar-refractivity contribution in [2.45, 2.75) is 65.3 Å². The molecule has 2 aliphatic rings. The molecule has 34 heavy (non-hydrogen) atoms. The van der Waals surface area contributed by atoms with Gasteiger partial charge in [0.15, 0.2) is 0 Å². The third-order valence-corrected chi connectivity index (χ3v) is 7.54. The highest BCUT2D eigenvalue weighted by Crippen LogP contribution is 2.36. The van der Waals surface area contributed by atoms with Crippen LogP contribution in [0.1, 0.15) is 68.6 Å². The van der Waals surface area contributed by atoms with Crippen LogP contribution in [0.4, 0.5) is 5.82 Å². The molecule has 3 rings (SSSR count). The summed E-state index contributed by atoms with van der Waals surface area (Å²) in [7, 11) is 0. The third kappa shape index (κ3) is 5.53. The molecule has 182 valence electrons. The molecule has 0 atom stereocenters. The molecule has 1 amide bonds. The molecular weight excluding hydrogens is 472 g/mol. The Labute approximate surface area is 209 Å². The molecule has 2 aliphatic heterocycles. The zero-order valence-electron chi connectivity index (χ0n) is 19.6. The Kier molecular flexibility index (Phi) is 8.91. The van der Waals surface area contributed by atoms with E-state index in [1.165, 1.54) is 16.7 Å². The van der Waals surface area contributed by atoms with E-state index in [0.717, 1.165) is 51.0 Å². The molecule has 2 fully saturated rings.